The van der Waals surface area contributed by atoms with Gasteiger partial charge in [-0.25, -0.2) is 0 Å². The van der Waals surface area contributed by atoms with E-state index in [9.17, 15) is 4.79 Å². The van der Waals surface area contributed by atoms with Gasteiger partial charge in [-0.05, 0) is 30.5 Å². The third-order valence-electron chi connectivity index (χ3n) is 5.52. The summed E-state index contributed by atoms with van der Waals surface area (Å²) >= 11 is 0. The van der Waals surface area contributed by atoms with Gasteiger partial charge in [-0.1, -0.05) is 25.0 Å². The number of hydrogen-bond acceptors (Lipinski definition) is 4. The van der Waals surface area contributed by atoms with Crippen molar-refractivity contribution in [3.8, 4) is 5.75 Å². The fraction of sp³-hybridized carbons (Fsp3) is 0.500. The van der Waals surface area contributed by atoms with E-state index < -0.39 is 0 Å². The van der Waals surface area contributed by atoms with Crippen LogP contribution in [0.4, 0.5) is 0 Å². The van der Waals surface area contributed by atoms with Crippen molar-refractivity contribution in [3.05, 3.63) is 46.8 Å². The van der Waals surface area contributed by atoms with Crippen LogP contribution in [0, 0.1) is 0 Å². The number of halogens is 1. The summed E-state index contributed by atoms with van der Waals surface area (Å²) in [5, 5.41) is 10.8. The topological polar surface area (TPSA) is 70.2 Å². The van der Waals surface area contributed by atoms with E-state index >= 15 is 0 Å². The third kappa shape index (κ3) is 3.96. The van der Waals surface area contributed by atoms with Crippen LogP contribution >= 0.6 is 12.4 Å². The van der Waals surface area contributed by atoms with Crippen LogP contribution in [-0.2, 0) is 13.0 Å². The monoisotopic (exact) mass is 390 g/mol. The van der Waals surface area contributed by atoms with E-state index in [-0.39, 0.29) is 24.4 Å². The molecule has 1 amide bonds. The second-order valence-electron chi connectivity index (χ2n) is 7.09. The predicted molar refractivity (Wildman–Crippen MR) is 106 cm³/mol. The molecule has 1 fully saturated rings. The second-order valence-corrected chi connectivity index (χ2v) is 7.09. The van der Waals surface area contributed by atoms with E-state index in [4.69, 9.17) is 4.74 Å². The van der Waals surface area contributed by atoms with Gasteiger partial charge in [0.05, 0.1) is 13.2 Å². The summed E-state index contributed by atoms with van der Waals surface area (Å²) in [7, 11) is 1.67. The van der Waals surface area contributed by atoms with Crippen molar-refractivity contribution in [2.45, 2.75) is 44.7 Å². The van der Waals surface area contributed by atoms with E-state index in [1.807, 2.05) is 17.0 Å². The molecule has 2 aromatic rings. The number of hydrogen-bond donors (Lipinski definition) is 2. The van der Waals surface area contributed by atoms with Crippen molar-refractivity contribution >= 4 is 18.3 Å². The molecule has 0 spiro atoms. The normalized spacial score (nSPS) is 19.6. The van der Waals surface area contributed by atoms with Crippen LogP contribution in [-0.4, -0.2) is 41.2 Å². The number of methoxy groups -OCH3 is 1. The molecule has 1 aromatic heterocycles. The Bertz CT molecular complexity index is 775. The first-order chi connectivity index (χ1) is 12.8. The molecule has 1 saturated heterocycles. The van der Waals surface area contributed by atoms with E-state index in [1.165, 1.54) is 5.56 Å². The Morgan fingerprint density at radius 3 is 2.81 bits per heavy atom. The second kappa shape index (κ2) is 8.76. The first-order valence-electron chi connectivity index (χ1n) is 9.49. The van der Waals surface area contributed by atoms with Crippen LogP contribution < -0.4 is 10.1 Å². The molecular weight excluding hydrogens is 364 g/mol. The molecule has 4 rings (SSSR count). The number of ether oxygens (including phenoxy) is 1. The van der Waals surface area contributed by atoms with Gasteiger partial charge in [-0.2, -0.15) is 5.10 Å². The minimum atomic E-state index is 0. The summed E-state index contributed by atoms with van der Waals surface area (Å²) in [5.41, 5.74) is 3.90. The maximum Gasteiger partial charge on any atom is 0.275 e. The van der Waals surface area contributed by atoms with Crippen LogP contribution in [0.5, 0.6) is 5.75 Å². The molecule has 7 heteroatoms. The highest BCUT2D eigenvalue weighted by molar-refractivity contribution is 5.94. The molecule has 0 bridgehead atoms. The Labute approximate surface area is 166 Å². The van der Waals surface area contributed by atoms with Gasteiger partial charge in [0, 0.05) is 37.3 Å². The molecule has 27 heavy (non-hydrogen) atoms. The highest BCUT2D eigenvalue weighted by Crippen LogP contribution is 2.33. The SMILES string of the molecule is COc1ccc(C2CCCCCN2C(=O)c2n[nH]c3c2CNCC3)cc1.Cl. The van der Waals surface area contributed by atoms with Gasteiger partial charge in [0.1, 0.15) is 5.75 Å². The van der Waals surface area contributed by atoms with Crippen molar-refractivity contribution in [1.29, 1.82) is 0 Å². The molecular formula is C20H27ClN4O2. The highest BCUT2D eigenvalue weighted by Gasteiger charge is 2.31. The lowest BCUT2D eigenvalue weighted by atomic mass is 9.99. The summed E-state index contributed by atoms with van der Waals surface area (Å²) in [6, 6.07) is 8.21. The Balaban J connectivity index is 0.00000210. The van der Waals surface area contributed by atoms with Crippen molar-refractivity contribution < 1.29 is 9.53 Å². The van der Waals surface area contributed by atoms with E-state index in [0.717, 1.165) is 62.2 Å². The lowest BCUT2D eigenvalue weighted by Crippen LogP contribution is -2.36. The summed E-state index contributed by atoms with van der Waals surface area (Å²) in [6.07, 6.45) is 5.24. The molecule has 1 unspecified atom stereocenters. The fourth-order valence-corrected chi connectivity index (χ4v) is 4.06. The number of rotatable bonds is 3. The van der Waals surface area contributed by atoms with Crippen LogP contribution in [0.3, 0.4) is 0 Å². The van der Waals surface area contributed by atoms with Crippen LogP contribution in [0.15, 0.2) is 24.3 Å². The molecule has 0 aliphatic carbocycles. The number of carbonyl (C=O) groups excluding carboxylic acids is 1. The molecule has 1 aromatic carbocycles. The van der Waals surface area contributed by atoms with E-state index in [0.29, 0.717) is 12.2 Å². The van der Waals surface area contributed by atoms with Gasteiger partial charge in [-0.3, -0.25) is 9.89 Å². The standard InChI is InChI=1S/C20H26N4O2.ClH/c1-26-15-8-6-14(7-9-15)18-5-3-2-4-12-24(18)20(25)19-16-13-21-11-10-17(16)22-23-19;/h6-9,18,21H,2-5,10-13H2,1H3,(H,22,23);1H. The van der Waals surface area contributed by atoms with Gasteiger partial charge in [0.15, 0.2) is 5.69 Å². The van der Waals surface area contributed by atoms with Crippen molar-refractivity contribution in [2.24, 2.45) is 0 Å². The molecule has 3 heterocycles. The summed E-state index contributed by atoms with van der Waals surface area (Å²) in [6.45, 7) is 2.43. The van der Waals surface area contributed by atoms with Gasteiger partial charge >= 0.3 is 0 Å². The lowest BCUT2D eigenvalue weighted by Gasteiger charge is -2.30. The number of aromatic amines is 1. The Kier molecular flexibility index (Phi) is 6.39. The maximum atomic E-state index is 13.4. The summed E-state index contributed by atoms with van der Waals surface area (Å²) in [5.74, 6) is 0.890. The number of fused-ring (bicyclic) bond motifs is 1. The quantitative estimate of drug-likeness (QED) is 0.844. The average Bonchev–Trinajstić information content (AvgIpc) is 2.97. The zero-order valence-corrected chi connectivity index (χ0v) is 16.5. The Hall–Kier alpha value is -2.05. The lowest BCUT2D eigenvalue weighted by molar-refractivity contribution is 0.0673. The third-order valence-corrected chi connectivity index (χ3v) is 5.52. The van der Waals surface area contributed by atoms with Crippen LogP contribution in [0.2, 0.25) is 0 Å². The molecule has 0 saturated carbocycles. The number of nitrogens with one attached hydrogen (secondary N) is 2. The van der Waals surface area contributed by atoms with Crippen molar-refractivity contribution in [2.75, 3.05) is 20.2 Å². The first-order valence-corrected chi connectivity index (χ1v) is 9.49. The number of carbonyl (C=O) groups is 1. The predicted octanol–water partition coefficient (Wildman–Crippen LogP) is 3.24. The van der Waals surface area contributed by atoms with Crippen LogP contribution in [0.25, 0.3) is 0 Å². The van der Waals surface area contributed by atoms with Crippen LogP contribution in [0.1, 0.15) is 59.0 Å². The number of aromatic nitrogens is 2. The van der Waals surface area contributed by atoms with Gasteiger partial charge in [0.25, 0.3) is 5.91 Å². The van der Waals surface area contributed by atoms with Crippen molar-refractivity contribution in [3.63, 3.8) is 0 Å². The van der Waals surface area contributed by atoms with Gasteiger partial charge in [0.2, 0.25) is 0 Å². The maximum absolute atomic E-state index is 13.4. The number of benzene rings is 1. The molecule has 0 radical (unpaired) electrons. The smallest absolute Gasteiger partial charge is 0.275 e. The van der Waals surface area contributed by atoms with E-state index in [1.54, 1.807) is 7.11 Å². The zero-order chi connectivity index (χ0) is 17.9. The summed E-state index contributed by atoms with van der Waals surface area (Å²) in [4.78, 5) is 15.4. The number of likely N-dealkylation sites (tertiary alicyclic amines) is 1. The van der Waals surface area contributed by atoms with Gasteiger partial charge in [-0.15, -0.1) is 12.4 Å². The molecule has 146 valence electrons. The molecule has 2 aliphatic heterocycles. The number of H-pyrrole nitrogens is 1. The first kappa shape index (κ1) is 19.7. The molecule has 1 atom stereocenters. The molecule has 2 N–H and O–H groups in total. The summed E-state index contributed by atoms with van der Waals surface area (Å²) < 4.78 is 5.28. The van der Waals surface area contributed by atoms with Crippen molar-refractivity contribution in [1.82, 2.24) is 20.4 Å². The minimum Gasteiger partial charge on any atom is -0.497 e. The molecule has 2 aliphatic rings. The molecule has 6 nitrogen and oxygen atoms in total. The van der Waals surface area contributed by atoms with Gasteiger partial charge < -0.3 is 15.0 Å². The Morgan fingerprint density at radius 2 is 2.04 bits per heavy atom. The highest BCUT2D eigenvalue weighted by atomic mass is 35.5. The fourth-order valence-electron chi connectivity index (χ4n) is 4.06. The number of nitrogens with zero attached hydrogens (tertiary/aromatic N) is 2. The Morgan fingerprint density at radius 1 is 1.22 bits per heavy atom. The zero-order valence-electron chi connectivity index (χ0n) is 15.7. The minimum absolute atomic E-state index is 0. The van der Waals surface area contributed by atoms with E-state index in [2.05, 4.69) is 27.6 Å². The largest absolute Gasteiger partial charge is 0.497 e. The number of amides is 1. The average molecular weight is 391 g/mol.